The maximum atomic E-state index is 13.8. The normalized spacial score (nSPS) is 16.1. The van der Waals surface area contributed by atoms with Gasteiger partial charge in [0.1, 0.15) is 0 Å². The van der Waals surface area contributed by atoms with Crippen LogP contribution in [0.1, 0.15) is 62.3 Å². The highest BCUT2D eigenvalue weighted by molar-refractivity contribution is 9.26. The van der Waals surface area contributed by atoms with Crippen molar-refractivity contribution in [2.75, 3.05) is 0 Å². The van der Waals surface area contributed by atoms with E-state index in [2.05, 4.69) is 95.6 Å². The molecule has 0 aliphatic rings. The highest BCUT2D eigenvalue weighted by Gasteiger charge is 2.55. The van der Waals surface area contributed by atoms with E-state index < -0.39 is 34.3 Å². The van der Waals surface area contributed by atoms with E-state index in [0.717, 1.165) is 0 Å². The van der Waals surface area contributed by atoms with Gasteiger partial charge in [-0.15, -0.1) is 0 Å². The molecular weight excluding hydrogens is 755 g/mol. The summed E-state index contributed by atoms with van der Waals surface area (Å²) in [5.41, 5.74) is -1.41. The van der Waals surface area contributed by atoms with Gasteiger partial charge in [-0.1, -0.05) is 62.3 Å². The molecule has 0 aromatic heterocycles. The lowest BCUT2D eigenvalue weighted by molar-refractivity contribution is 0.00724. The van der Waals surface area contributed by atoms with Crippen LogP contribution in [-0.4, -0.2) is 10.3 Å². The zero-order chi connectivity index (χ0) is 21.6. The van der Waals surface area contributed by atoms with Crippen LogP contribution in [-0.2, 0) is 18.1 Å². The van der Waals surface area contributed by atoms with Crippen molar-refractivity contribution in [3.8, 4) is 0 Å². The van der Waals surface area contributed by atoms with Gasteiger partial charge < -0.3 is 0 Å². The van der Waals surface area contributed by atoms with E-state index in [1.165, 1.54) is 0 Å². The van der Waals surface area contributed by atoms with Gasteiger partial charge in [-0.25, -0.2) is 4.57 Å². The maximum Gasteiger partial charge on any atom is 0.481 e. The molecule has 0 unspecified atom stereocenters. The fraction of sp³-hybridized carbons (Fsp3) is 1.00. The molecule has 0 rings (SSSR count). The van der Waals surface area contributed by atoms with Gasteiger partial charge in [0.25, 0.3) is 0 Å². The summed E-state index contributed by atoms with van der Waals surface area (Å²) in [6, 6.07) is 0. The smallest absolute Gasteiger partial charge is 0.257 e. The van der Waals surface area contributed by atoms with E-state index in [0.29, 0.717) is 0 Å². The molecule has 0 fully saturated rings. The average molecular weight is 782 g/mol. The Morgan fingerprint density at radius 2 is 0.654 bits per heavy atom. The topological polar surface area (TPSA) is 44.8 Å². The fourth-order valence-corrected chi connectivity index (χ4v) is 5.86. The zero-order valence-corrected chi connectivity index (χ0v) is 26.8. The van der Waals surface area contributed by atoms with Gasteiger partial charge >= 0.3 is 7.82 Å². The summed E-state index contributed by atoms with van der Waals surface area (Å²) < 4.78 is 27.9. The first-order valence-electron chi connectivity index (χ1n) is 7.73. The Balaban J connectivity index is 6.10. The molecule has 0 aliphatic heterocycles. The third kappa shape index (κ3) is 7.92. The molecular formula is C15H27Br6O4P. The lowest BCUT2D eigenvalue weighted by Gasteiger charge is -2.43. The Hall–Kier alpha value is 2.99. The fourth-order valence-electron chi connectivity index (χ4n) is 0.888. The van der Waals surface area contributed by atoms with Crippen LogP contribution in [0.4, 0.5) is 0 Å². The molecule has 158 valence electrons. The molecule has 26 heavy (non-hydrogen) atoms. The summed E-state index contributed by atoms with van der Waals surface area (Å²) in [5.74, 6) is 0. The van der Waals surface area contributed by atoms with Gasteiger partial charge in [0, 0.05) is 16.2 Å². The molecule has 0 saturated carbocycles. The number of phosphoric ester groups is 1. The van der Waals surface area contributed by atoms with Crippen molar-refractivity contribution in [2.24, 2.45) is 16.2 Å². The second kappa shape index (κ2) is 8.85. The number of hydrogen-bond acceptors (Lipinski definition) is 4. The number of hydrogen-bond donors (Lipinski definition) is 0. The number of rotatable bonds is 6. The van der Waals surface area contributed by atoms with Crippen molar-refractivity contribution < 1.29 is 18.1 Å². The Bertz CT molecular complexity index is 468. The summed E-state index contributed by atoms with van der Waals surface area (Å²) in [6.07, 6.45) is 0. The van der Waals surface area contributed by atoms with Crippen molar-refractivity contribution in [1.29, 1.82) is 0 Å². The number of halogens is 6. The molecule has 4 nitrogen and oxygen atoms in total. The summed E-state index contributed by atoms with van der Waals surface area (Å²) in [7, 11) is -4.15. The minimum absolute atomic E-state index is 0.471. The predicted molar refractivity (Wildman–Crippen MR) is 131 cm³/mol. The van der Waals surface area contributed by atoms with E-state index in [-0.39, 0.29) is 0 Å². The predicted octanol–water partition coefficient (Wildman–Crippen LogP) is 9.61. The lowest BCUT2D eigenvalue weighted by Crippen LogP contribution is -2.39. The second-order valence-electron chi connectivity index (χ2n) is 9.02. The molecule has 0 amide bonds. The molecule has 0 aromatic rings. The van der Waals surface area contributed by atoms with Gasteiger partial charge in [-0.05, 0) is 95.6 Å². The van der Waals surface area contributed by atoms with Crippen molar-refractivity contribution in [1.82, 2.24) is 0 Å². The number of phosphoric acid groups is 1. The van der Waals surface area contributed by atoms with E-state index in [1.807, 2.05) is 62.3 Å². The van der Waals surface area contributed by atoms with E-state index in [9.17, 15) is 4.57 Å². The molecule has 0 aromatic carbocycles. The van der Waals surface area contributed by atoms with Crippen molar-refractivity contribution >= 4 is 103 Å². The Morgan fingerprint density at radius 1 is 0.500 bits per heavy atom. The molecule has 11 heteroatoms. The van der Waals surface area contributed by atoms with Crippen molar-refractivity contribution in [3.63, 3.8) is 0 Å². The van der Waals surface area contributed by atoms with Crippen LogP contribution >= 0.6 is 103 Å². The monoisotopic (exact) mass is 776 g/mol. The second-order valence-corrected chi connectivity index (χ2v) is 20.4. The quantitative estimate of drug-likeness (QED) is 0.199. The van der Waals surface area contributed by atoms with Crippen LogP contribution in [0.15, 0.2) is 0 Å². The van der Waals surface area contributed by atoms with Gasteiger partial charge in [0.15, 0.2) is 10.3 Å². The molecule has 0 aliphatic carbocycles. The van der Waals surface area contributed by atoms with Crippen LogP contribution in [0.5, 0.6) is 0 Å². The molecule has 0 radical (unpaired) electrons. The zero-order valence-electron chi connectivity index (χ0n) is 16.3. The highest BCUT2D eigenvalue weighted by atomic mass is 79.9. The summed E-state index contributed by atoms with van der Waals surface area (Å²) in [6.45, 7) is 17.2. The first-order valence-corrected chi connectivity index (χ1v) is 13.9. The molecule has 0 bridgehead atoms. The highest BCUT2D eigenvalue weighted by Crippen LogP contribution is 2.69. The Kier molecular flexibility index (Phi) is 9.87. The molecule has 0 atom stereocenters. The molecule has 0 N–H and O–H groups in total. The van der Waals surface area contributed by atoms with Crippen LogP contribution in [0.2, 0.25) is 0 Å². The summed E-state index contributed by atoms with van der Waals surface area (Å²) in [4.78, 5) is 0. The van der Waals surface area contributed by atoms with Gasteiger partial charge in [-0.3, -0.25) is 13.6 Å². The Morgan fingerprint density at radius 3 is 0.769 bits per heavy atom. The summed E-state index contributed by atoms with van der Waals surface area (Å²) in [5, 5.41) is 0. The molecule has 0 spiro atoms. The average Bonchev–Trinajstić information content (AvgIpc) is 2.19. The standard InChI is InChI=1S/C15H27Br6O4P/c1-10(2,3)13(16,17)23-26(22,24-14(18,19)11(4,5)6)25-15(20,21)12(7,8)9/h1-9H3. The molecule has 0 heterocycles. The third-order valence-corrected chi connectivity index (χ3v) is 14.4. The van der Waals surface area contributed by atoms with Crippen LogP contribution in [0, 0.1) is 16.2 Å². The van der Waals surface area contributed by atoms with E-state index >= 15 is 0 Å². The maximum absolute atomic E-state index is 13.8. The lowest BCUT2D eigenvalue weighted by atomic mass is 9.99. The first-order chi connectivity index (χ1) is 10.9. The van der Waals surface area contributed by atoms with E-state index in [1.54, 1.807) is 0 Å². The van der Waals surface area contributed by atoms with Crippen molar-refractivity contribution in [2.45, 2.75) is 72.6 Å². The van der Waals surface area contributed by atoms with E-state index in [4.69, 9.17) is 13.6 Å². The minimum atomic E-state index is -4.15. The van der Waals surface area contributed by atoms with Gasteiger partial charge in [-0.2, -0.15) is 0 Å². The van der Waals surface area contributed by atoms with Gasteiger partial charge in [0.2, 0.25) is 0 Å². The number of alkyl halides is 6. The Labute approximate surface area is 208 Å². The summed E-state index contributed by atoms with van der Waals surface area (Å²) >= 11 is 20.7. The largest absolute Gasteiger partial charge is 0.481 e. The van der Waals surface area contributed by atoms with Crippen LogP contribution in [0.25, 0.3) is 0 Å². The first kappa shape index (κ1) is 29.0. The van der Waals surface area contributed by atoms with Crippen LogP contribution in [0.3, 0.4) is 0 Å². The van der Waals surface area contributed by atoms with Gasteiger partial charge in [0.05, 0.1) is 0 Å². The van der Waals surface area contributed by atoms with Crippen LogP contribution < -0.4 is 0 Å². The SMILES string of the molecule is CC(C)(C)C(Br)(Br)OP(=O)(OC(Br)(Br)C(C)(C)C)OC(Br)(Br)C(C)(C)C. The minimum Gasteiger partial charge on any atom is -0.257 e. The van der Waals surface area contributed by atoms with Crippen molar-refractivity contribution in [3.05, 3.63) is 0 Å². The third-order valence-electron chi connectivity index (χ3n) is 3.30. The molecule has 0 saturated heterocycles.